The molecule has 0 saturated carbocycles. The Hall–Kier alpha value is -2.30. The summed E-state index contributed by atoms with van der Waals surface area (Å²) < 4.78 is 1.59. The topological polar surface area (TPSA) is 72.9 Å². The van der Waals surface area contributed by atoms with Crippen LogP contribution in [0.3, 0.4) is 0 Å². The van der Waals surface area contributed by atoms with E-state index in [2.05, 4.69) is 16.5 Å². The van der Waals surface area contributed by atoms with Gasteiger partial charge >= 0.3 is 0 Å². The van der Waals surface area contributed by atoms with Crippen molar-refractivity contribution in [3.63, 3.8) is 0 Å². The highest BCUT2D eigenvalue weighted by Gasteiger charge is 2.17. The highest BCUT2D eigenvalue weighted by molar-refractivity contribution is 6.05. The Balaban J connectivity index is 1.86. The second-order valence-electron chi connectivity index (χ2n) is 5.26. The molecule has 0 aliphatic heterocycles. The molecule has 1 aromatic heterocycles. The summed E-state index contributed by atoms with van der Waals surface area (Å²) in [5, 5.41) is 7.04. The number of aryl methyl sites for hydroxylation is 4. The predicted octanol–water partition coefficient (Wildman–Crippen LogP) is 2.05. The summed E-state index contributed by atoms with van der Waals surface area (Å²) >= 11 is 0. The van der Waals surface area contributed by atoms with E-state index in [0.29, 0.717) is 17.1 Å². The van der Waals surface area contributed by atoms with E-state index < -0.39 is 0 Å². The first-order valence-electron chi connectivity index (χ1n) is 6.78. The SMILES string of the molecule is Cc1nn(C)c(NC(=O)c2ccc3c(c2)CCC3)c1N. The third-order valence-electron chi connectivity index (χ3n) is 3.86. The van der Waals surface area contributed by atoms with Gasteiger partial charge in [-0.3, -0.25) is 9.48 Å². The molecule has 0 bridgehead atoms. The van der Waals surface area contributed by atoms with Gasteiger partial charge < -0.3 is 11.1 Å². The fourth-order valence-electron chi connectivity index (χ4n) is 2.72. The number of carbonyl (C=O) groups is 1. The van der Waals surface area contributed by atoms with E-state index in [4.69, 9.17) is 5.73 Å². The molecule has 1 aliphatic carbocycles. The number of carbonyl (C=O) groups excluding carboxylic acids is 1. The lowest BCUT2D eigenvalue weighted by Gasteiger charge is -2.08. The maximum atomic E-state index is 12.3. The van der Waals surface area contributed by atoms with Crippen LogP contribution in [0, 0.1) is 6.92 Å². The van der Waals surface area contributed by atoms with Crippen molar-refractivity contribution in [3.05, 3.63) is 40.6 Å². The third-order valence-corrected chi connectivity index (χ3v) is 3.86. The Labute approximate surface area is 117 Å². The summed E-state index contributed by atoms with van der Waals surface area (Å²) in [6.45, 7) is 1.82. The second-order valence-corrected chi connectivity index (χ2v) is 5.26. The third kappa shape index (κ3) is 2.05. The van der Waals surface area contributed by atoms with Crippen molar-refractivity contribution in [3.8, 4) is 0 Å². The van der Waals surface area contributed by atoms with E-state index in [0.717, 1.165) is 18.5 Å². The van der Waals surface area contributed by atoms with E-state index >= 15 is 0 Å². The number of nitrogens with two attached hydrogens (primary N) is 1. The molecule has 0 fully saturated rings. The lowest BCUT2D eigenvalue weighted by Crippen LogP contribution is -2.15. The van der Waals surface area contributed by atoms with Gasteiger partial charge in [0.2, 0.25) is 0 Å². The van der Waals surface area contributed by atoms with Gasteiger partial charge in [-0.05, 0) is 49.4 Å². The minimum atomic E-state index is -0.144. The molecule has 5 nitrogen and oxygen atoms in total. The molecule has 0 radical (unpaired) electrons. The van der Waals surface area contributed by atoms with E-state index in [9.17, 15) is 4.79 Å². The zero-order chi connectivity index (χ0) is 14.3. The maximum Gasteiger partial charge on any atom is 0.256 e. The molecule has 3 N–H and O–H groups in total. The number of fused-ring (bicyclic) bond motifs is 1. The number of hydrogen-bond acceptors (Lipinski definition) is 3. The van der Waals surface area contributed by atoms with Crippen LogP contribution in [0.4, 0.5) is 11.5 Å². The van der Waals surface area contributed by atoms with Crippen LogP contribution in [0.1, 0.15) is 33.6 Å². The number of nitrogen functional groups attached to an aromatic ring is 1. The molecule has 1 aliphatic rings. The van der Waals surface area contributed by atoms with Gasteiger partial charge in [0.05, 0.1) is 11.4 Å². The molecule has 3 rings (SSSR count). The van der Waals surface area contributed by atoms with Crippen molar-refractivity contribution >= 4 is 17.4 Å². The monoisotopic (exact) mass is 270 g/mol. The van der Waals surface area contributed by atoms with E-state index in [1.807, 2.05) is 19.1 Å². The number of aromatic nitrogens is 2. The van der Waals surface area contributed by atoms with Crippen LogP contribution in [0.15, 0.2) is 18.2 Å². The lowest BCUT2D eigenvalue weighted by atomic mass is 10.1. The fraction of sp³-hybridized carbons (Fsp3) is 0.333. The van der Waals surface area contributed by atoms with Crippen molar-refractivity contribution in [1.29, 1.82) is 0 Å². The van der Waals surface area contributed by atoms with Gasteiger partial charge in [0, 0.05) is 12.6 Å². The molecule has 0 unspecified atom stereocenters. The van der Waals surface area contributed by atoms with Gasteiger partial charge in [0.25, 0.3) is 5.91 Å². The quantitative estimate of drug-likeness (QED) is 0.877. The molecular formula is C15H18N4O. The molecule has 5 heteroatoms. The molecule has 1 aromatic carbocycles. The average molecular weight is 270 g/mol. The normalized spacial score (nSPS) is 13.3. The Morgan fingerprint density at radius 1 is 1.35 bits per heavy atom. The van der Waals surface area contributed by atoms with E-state index in [1.165, 1.54) is 17.5 Å². The largest absolute Gasteiger partial charge is 0.394 e. The van der Waals surface area contributed by atoms with E-state index in [1.54, 1.807) is 11.7 Å². The standard InChI is InChI=1S/C15H18N4O/c1-9-13(16)14(19(2)18-9)17-15(20)12-7-6-10-4-3-5-11(10)8-12/h6-8H,3-5,16H2,1-2H3,(H,17,20). The van der Waals surface area contributed by atoms with Gasteiger partial charge in [-0.1, -0.05) is 6.07 Å². The molecule has 20 heavy (non-hydrogen) atoms. The Morgan fingerprint density at radius 3 is 2.80 bits per heavy atom. The minimum Gasteiger partial charge on any atom is -0.394 e. The number of benzene rings is 1. The fourth-order valence-corrected chi connectivity index (χ4v) is 2.72. The van der Waals surface area contributed by atoms with E-state index in [-0.39, 0.29) is 5.91 Å². The molecule has 2 aromatic rings. The number of hydrogen-bond donors (Lipinski definition) is 2. The van der Waals surface area contributed by atoms with Crippen LogP contribution >= 0.6 is 0 Å². The van der Waals surface area contributed by atoms with Gasteiger partial charge in [0.15, 0.2) is 5.82 Å². The van der Waals surface area contributed by atoms with Crippen molar-refractivity contribution in [2.45, 2.75) is 26.2 Å². The first-order chi connectivity index (χ1) is 9.56. The first-order valence-corrected chi connectivity index (χ1v) is 6.78. The average Bonchev–Trinajstić information content (AvgIpc) is 2.98. The van der Waals surface area contributed by atoms with Crippen LogP contribution in [-0.2, 0) is 19.9 Å². The molecule has 1 heterocycles. The van der Waals surface area contributed by atoms with Crippen molar-refractivity contribution < 1.29 is 4.79 Å². The number of amides is 1. The number of rotatable bonds is 2. The zero-order valence-electron chi connectivity index (χ0n) is 11.7. The van der Waals surface area contributed by atoms with Gasteiger partial charge in [0.1, 0.15) is 0 Å². The Morgan fingerprint density at radius 2 is 2.10 bits per heavy atom. The highest BCUT2D eigenvalue weighted by atomic mass is 16.1. The maximum absolute atomic E-state index is 12.3. The summed E-state index contributed by atoms with van der Waals surface area (Å²) in [7, 11) is 1.77. The van der Waals surface area contributed by atoms with Gasteiger partial charge in [-0.25, -0.2) is 0 Å². The van der Waals surface area contributed by atoms with Crippen molar-refractivity contribution in [2.75, 3.05) is 11.1 Å². The summed E-state index contributed by atoms with van der Waals surface area (Å²) in [4.78, 5) is 12.3. The lowest BCUT2D eigenvalue weighted by molar-refractivity contribution is 0.102. The predicted molar refractivity (Wildman–Crippen MR) is 78.8 cm³/mol. The molecule has 0 saturated heterocycles. The number of anilines is 2. The van der Waals surface area contributed by atoms with Gasteiger partial charge in [-0.2, -0.15) is 5.10 Å². The summed E-state index contributed by atoms with van der Waals surface area (Å²) in [5.41, 5.74) is 10.5. The summed E-state index contributed by atoms with van der Waals surface area (Å²) in [6, 6.07) is 5.91. The van der Waals surface area contributed by atoms with Crippen LogP contribution in [0.25, 0.3) is 0 Å². The smallest absolute Gasteiger partial charge is 0.256 e. The second kappa shape index (κ2) is 4.67. The first kappa shape index (κ1) is 12.7. The molecule has 0 spiro atoms. The molecule has 1 amide bonds. The Bertz CT molecular complexity index is 687. The molecule has 104 valence electrons. The molecule has 0 atom stereocenters. The van der Waals surface area contributed by atoms with Crippen LogP contribution < -0.4 is 11.1 Å². The van der Waals surface area contributed by atoms with Crippen LogP contribution in [-0.4, -0.2) is 15.7 Å². The minimum absolute atomic E-state index is 0.144. The number of nitrogens with zero attached hydrogens (tertiary/aromatic N) is 2. The summed E-state index contributed by atoms with van der Waals surface area (Å²) in [6.07, 6.45) is 3.35. The van der Waals surface area contributed by atoms with Crippen LogP contribution in [0.5, 0.6) is 0 Å². The van der Waals surface area contributed by atoms with Crippen molar-refractivity contribution in [1.82, 2.24) is 9.78 Å². The van der Waals surface area contributed by atoms with Gasteiger partial charge in [-0.15, -0.1) is 0 Å². The van der Waals surface area contributed by atoms with Crippen molar-refractivity contribution in [2.24, 2.45) is 7.05 Å². The Kier molecular flexibility index (Phi) is 2.97. The zero-order valence-corrected chi connectivity index (χ0v) is 11.7. The number of nitrogens with one attached hydrogen (secondary N) is 1. The molecular weight excluding hydrogens is 252 g/mol. The highest BCUT2D eigenvalue weighted by Crippen LogP contribution is 2.25. The summed E-state index contributed by atoms with van der Waals surface area (Å²) in [5.74, 6) is 0.405. The van der Waals surface area contributed by atoms with Crippen LogP contribution in [0.2, 0.25) is 0 Å².